The van der Waals surface area contributed by atoms with Crippen LogP contribution in [0.15, 0.2) is 42.5 Å². The number of carbonyl (C=O) groups excluding carboxylic acids is 1. The van der Waals surface area contributed by atoms with Crippen LogP contribution >= 0.6 is 0 Å². The monoisotopic (exact) mass is 398 g/mol. The molecular formula is C23H31FN4O. The van der Waals surface area contributed by atoms with E-state index in [0.29, 0.717) is 17.9 Å². The normalized spacial score (nSPS) is 15.4. The third kappa shape index (κ3) is 5.34. The Hall–Kier alpha value is -2.44. The molecule has 0 unspecified atom stereocenters. The highest BCUT2D eigenvalue weighted by molar-refractivity contribution is 5.84. The van der Waals surface area contributed by atoms with E-state index in [2.05, 4.69) is 29.4 Å². The maximum Gasteiger partial charge on any atom is 0.228 e. The number of halogens is 1. The lowest BCUT2D eigenvalue weighted by atomic mass is 9.88. The Bertz CT molecular complexity index is 833. The van der Waals surface area contributed by atoms with Gasteiger partial charge in [-0.1, -0.05) is 38.1 Å². The van der Waals surface area contributed by atoms with Crippen LogP contribution in [0.4, 0.5) is 10.1 Å². The summed E-state index contributed by atoms with van der Waals surface area (Å²) in [6.45, 7) is 7.85. The maximum absolute atomic E-state index is 15.0. The second-order valence-corrected chi connectivity index (χ2v) is 7.95. The van der Waals surface area contributed by atoms with Crippen LogP contribution in [0, 0.1) is 11.7 Å². The van der Waals surface area contributed by atoms with Crippen LogP contribution in [0.1, 0.15) is 31.7 Å². The van der Waals surface area contributed by atoms with E-state index >= 15 is 0 Å². The molecular weight excluding hydrogens is 367 g/mol. The number of hydrogen-bond acceptors (Lipinski definition) is 4. The molecule has 1 aliphatic rings. The van der Waals surface area contributed by atoms with Gasteiger partial charge in [0.25, 0.3) is 0 Å². The van der Waals surface area contributed by atoms with E-state index in [4.69, 9.17) is 5.73 Å². The van der Waals surface area contributed by atoms with Crippen LogP contribution in [0.25, 0.3) is 11.1 Å². The van der Waals surface area contributed by atoms with Gasteiger partial charge >= 0.3 is 0 Å². The van der Waals surface area contributed by atoms with Crippen molar-refractivity contribution in [3.63, 3.8) is 0 Å². The van der Waals surface area contributed by atoms with E-state index in [-0.39, 0.29) is 24.3 Å². The summed E-state index contributed by atoms with van der Waals surface area (Å²) in [6, 6.07) is 13.1. The predicted molar refractivity (Wildman–Crippen MR) is 116 cm³/mol. The van der Waals surface area contributed by atoms with Crippen molar-refractivity contribution < 1.29 is 9.18 Å². The number of amides is 1. The summed E-state index contributed by atoms with van der Waals surface area (Å²) >= 11 is 0. The minimum absolute atomic E-state index is 0.0899. The number of rotatable bonds is 7. The zero-order chi connectivity index (χ0) is 20.8. The van der Waals surface area contributed by atoms with E-state index in [0.717, 1.165) is 43.0 Å². The van der Waals surface area contributed by atoms with Crippen molar-refractivity contribution in [1.82, 2.24) is 10.6 Å². The van der Waals surface area contributed by atoms with Crippen molar-refractivity contribution in [2.75, 3.05) is 37.7 Å². The summed E-state index contributed by atoms with van der Waals surface area (Å²) in [5.74, 6) is -0.290. The van der Waals surface area contributed by atoms with Crippen LogP contribution in [0.5, 0.6) is 0 Å². The molecule has 0 radical (unpaired) electrons. The zero-order valence-electron chi connectivity index (χ0n) is 17.2. The number of carbonyl (C=O) groups is 1. The van der Waals surface area contributed by atoms with Crippen molar-refractivity contribution in [3.05, 3.63) is 53.8 Å². The molecule has 156 valence electrons. The lowest BCUT2D eigenvalue weighted by Gasteiger charge is -2.29. The summed E-state index contributed by atoms with van der Waals surface area (Å²) in [7, 11) is 0. The van der Waals surface area contributed by atoms with Gasteiger partial charge in [-0.05, 0) is 41.7 Å². The molecule has 5 nitrogen and oxygen atoms in total. The summed E-state index contributed by atoms with van der Waals surface area (Å²) in [6.07, 6.45) is 0.708. The highest BCUT2D eigenvalue weighted by atomic mass is 19.1. The van der Waals surface area contributed by atoms with Crippen molar-refractivity contribution in [2.45, 2.75) is 26.2 Å². The zero-order valence-corrected chi connectivity index (χ0v) is 17.2. The molecule has 1 saturated heterocycles. The van der Waals surface area contributed by atoms with Gasteiger partial charge in [0.05, 0.1) is 12.6 Å². The quantitative estimate of drug-likeness (QED) is 0.627. The molecule has 4 N–H and O–H groups in total. The first-order valence-electron chi connectivity index (χ1n) is 10.3. The molecule has 0 aliphatic carbocycles. The summed E-state index contributed by atoms with van der Waals surface area (Å²) < 4.78 is 15.0. The van der Waals surface area contributed by atoms with Gasteiger partial charge in [-0.2, -0.15) is 0 Å². The molecule has 1 amide bonds. The second-order valence-electron chi connectivity index (χ2n) is 7.95. The Morgan fingerprint density at radius 1 is 1.21 bits per heavy atom. The molecule has 2 aromatic carbocycles. The number of hydrogen-bond donors (Lipinski definition) is 3. The SMILES string of the molecule is CC(C)C[C@@H](C(=O)NCN)c1cccc(-c2ccc(N3CCNCC3)cc2F)c1. The Morgan fingerprint density at radius 2 is 1.97 bits per heavy atom. The van der Waals surface area contributed by atoms with Gasteiger partial charge in [0.1, 0.15) is 5.82 Å². The molecule has 1 atom stereocenters. The summed E-state index contributed by atoms with van der Waals surface area (Å²) in [4.78, 5) is 14.7. The standard InChI is InChI=1S/C23H31FN4O/c1-16(2)12-21(23(29)27-15-25)18-5-3-4-17(13-18)20-7-6-19(14-22(20)24)28-10-8-26-9-11-28/h3-7,13-14,16,21,26H,8-12,15,25H2,1-2H3,(H,27,29)/t21-/m1/s1. The first-order chi connectivity index (χ1) is 14.0. The first-order valence-corrected chi connectivity index (χ1v) is 10.3. The molecule has 0 saturated carbocycles. The minimum atomic E-state index is -0.304. The van der Waals surface area contributed by atoms with Gasteiger partial charge < -0.3 is 21.3 Å². The van der Waals surface area contributed by atoms with Gasteiger partial charge in [0.2, 0.25) is 5.91 Å². The molecule has 1 heterocycles. The third-order valence-electron chi connectivity index (χ3n) is 5.33. The topological polar surface area (TPSA) is 70.4 Å². The third-order valence-corrected chi connectivity index (χ3v) is 5.33. The fourth-order valence-electron chi connectivity index (χ4n) is 3.87. The minimum Gasteiger partial charge on any atom is -0.369 e. The number of nitrogens with one attached hydrogen (secondary N) is 2. The van der Waals surface area contributed by atoms with Crippen LogP contribution < -0.4 is 21.3 Å². The average molecular weight is 399 g/mol. The van der Waals surface area contributed by atoms with Gasteiger partial charge in [0.15, 0.2) is 0 Å². The molecule has 1 aliphatic heterocycles. The van der Waals surface area contributed by atoms with E-state index < -0.39 is 0 Å². The number of anilines is 1. The number of benzene rings is 2. The molecule has 1 fully saturated rings. The van der Waals surface area contributed by atoms with Crippen LogP contribution in [0.2, 0.25) is 0 Å². The van der Waals surface area contributed by atoms with Crippen LogP contribution in [-0.2, 0) is 4.79 Å². The molecule has 3 rings (SSSR count). The van der Waals surface area contributed by atoms with E-state index in [1.807, 2.05) is 36.4 Å². The highest BCUT2D eigenvalue weighted by Crippen LogP contribution is 2.31. The summed E-state index contributed by atoms with van der Waals surface area (Å²) in [5, 5.41) is 6.03. The Balaban J connectivity index is 1.88. The van der Waals surface area contributed by atoms with E-state index in [9.17, 15) is 9.18 Å². The van der Waals surface area contributed by atoms with Crippen molar-refractivity contribution in [1.29, 1.82) is 0 Å². The fourth-order valence-corrected chi connectivity index (χ4v) is 3.87. The molecule has 29 heavy (non-hydrogen) atoms. The van der Waals surface area contributed by atoms with Crippen molar-refractivity contribution in [3.8, 4) is 11.1 Å². The Morgan fingerprint density at radius 3 is 2.62 bits per heavy atom. The average Bonchev–Trinajstić information content (AvgIpc) is 2.72. The molecule has 0 spiro atoms. The van der Waals surface area contributed by atoms with Gasteiger partial charge in [-0.3, -0.25) is 4.79 Å². The fraction of sp³-hybridized carbons (Fsp3) is 0.435. The Kier molecular flexibility index (Phi) is 7.23. The van der Waals surface area contributed by atoms with Crippen LogP contribution in [0.3, 0.4) is 0 Å². The molecule has 2 aromatic rings. The molecule has 6 heteroatoms. The lowest BCUT2D eigenvalue weighted by molar-refractivity contribution is -0.122. The largest absolute Gasteiger partial charge is 0.369 e. The van der Waals surface area contributed by atoms with Gasteiger partial charge in [-0.15, -0.1) is 0 Å². The second kappa shape index (κ2) is 9.85. The lowest BCUT2D eigenvalue weighted by Crippen LogP contribution is -2.43. The number of nitrogens with two attached hydrogens (primary N) is 1. The van der Waals surface area contributed by atoms with E-state index in [1.165, 1.54) is 0 Å². The number of piperazine rings is 1. The number of nitrogens with zero attached hydrogens (tertiary/aromatic N) is 1. The molecule has 0 bridgehead atoms. The first kappa shape index (κ1) is 21.3. The smallest absolute Gasteiger partial charge is 0.228 e. The predicted octanol–water partition coefficient (Wildman–Crippen LogP) is 3.06. The van der Waals surface area contributed by atoms with Gasteiger partial charge in [-0.25, -0.2) is 4.39 Å². The summed E-state index contributed by atoms with van der Waals surface area (Å²) in [5.41, 5.74) is 8.62. The van der Waals surface area contributed by atoms with Crippen molar-refractivity contribution >= 4 is 11.6 Å². The highest BCUT2D eigenvalue weighted by Gasteiger charge is 2.22. The van der Waals surface area contributed by atoms with Gasteiger partial charge in [0, 0.05) is 37.4 Å². The molecule has 0 aromatic heterocycles. The van der Waals surface area contributed by atoms with Crippen LogP contribution in [-0.4, -0.2) is 38.8 Å². The maximum atomic E-state index is 15.0. The van der Waals surface area contributed by atoms with Crippen molar-refractivity contribution in [2.24, 2.45) is 11.7 Å². The Labute approximate surface area is 172 Å². The van der Waals surface area contributed by atoms with E-state index in [1.54, 1.807) is 6.07 Å².